The Bertz CT molecular complexity index is 595. The predicted molar refractivity (Wildman–Crippen MR) is 78.1 cm³/mol. The molecule has 2 rings (SSSR count). The van der Waals surface area contributed by atoms with Crippen LogP contribution in [0.5, 0.6) is 0 Å². The molecule has 4 heteroatoms. The number of fused-ring (bicyclic) bond motifs is 1. The Hall–Kier alpha value is -1.53. The summed E-state index contributed by atoms with van der Waals surface area (Å²) in [5.41, 5.74) is 2.61. The molecule has 0 N–H and O–H groups in total. The number of rotatable bonds is 6. The number of alkyl halides is 1. The minimum Gasteiger partial charge on any atom is -0.327 e. The maximum atomic E-state index is 8.99. The molecule has 0 bridgehead atoms. The summed E-state index contributed by atoms with van der Waals surface area (Å²) in [6.07, 6.45) is 4.83. The molecule has 19 heavy (non-hydrogen) atoms. The number of halogens is 1. The van der Waals surface area contributed by atoms with Crippen molar-refractivity contribution in [3.8, 4) is 6.07 Å². The molecule has 0 saturated carbocycles. The van der Waals surface area contributed by atoms with E-state index in [1.54, 1.807) is 6.07 Å². The lowest BCUT2D eigenvalue weighted by atomic mass is 10.2. The van der Waals surface area contributed by atoms with Crippen LogP contribution in [0.15, 0.2) is 18.2 Å². The fourth-order valence-electron chi connectivity index (χ4n) is 2.29. The summed E-state index contributed by atoms with van der Waals surface area (Å²) in [5.74, 6) is 1.30. The minimum absolute atomic E-state index is 0.407. The summed E-state index contributed by atoms with van der Waals surface area (Å²) in [7, 11) is 0. The predicted octanol–water partition coefficient (Wildman–Crippen LogP) is 4.23. The van der Waals surface area contributed by atoms with Crippen molar-refractivity contribution in [1.82, 2.24) is 9.55 Å². The minimum atomic E-state index is 0.407. The van der Waals surface area contributed by atoms with E-state index in [1.165, 1.54) is 19.3 Å². The standard InChI is InChI=1S/C15H18ClN3/c1-2-3-4-5-8-19-14-9-12(11-17)6-7-13(14)18-15(19)10-16/h6-7,9H,2-5,8,10H2,1H3. The average molecular weight is 276 g/mol. The van der Waals surface area contributed by atoms with Gasteiger partial charge >= 0.3 is 0 Å². The van der Waals surface area contributed by atoms with E-state index in [9.17, 15) is 0 Å². The topological polar surface area (TPSA) is 41.6 Å². The Kier molecular flexibility index (Phi) is 4.81. The number of hydrogen-bond acceptors (Lipinski definition) is 2. The Labute approximate surface area is 118 Å². The Morgan fingerprint density at radius 1 is 1.32 bits per heavy atom. The first kappa shape index (κ1) is 13.9. The summed E-state index contributed by atoms with van der Waals surface area (Å²) in [4.78, 5) is 4.53. The first-order chi connectivity index (χ1) is 9.30. The second-order valence-corrected chi connectivity index (χ2v) is 4.96. The Balaban J connectivity index is 2.30. The van der Waals surface area contributed by atoms with Crippen LogP contribution in [-0.2, 0) is 12.4 Å². The van der Waals surface area contributed by atoms with Crippen LogP contribution in [-0.4, -0.2) is 9.55 Å². The van der Waals surface area contributed by atoms with Crippen molar-refractivity contribution in [1.29, 1.82) is 5.26 Å². The van der Waals surface area contributed by atoms with Gasteiger partial charge in [0.15, 0.2) is 0 Å². The van der Waals surface area contributed by atoms with Gasteiger partial charge in [-0.1, -0.05) is 26.2 Å². The van der Waals surface area contributed by atoms with Crippen LogP contribution in [0.2, 0.25) is 0 Å². The van der Waals surface area contributed by atoms with Crippen LogP contribution in [0.4, 0.5) is 0 Å². The second-order valence-electron chi connectivity index (χ2n) is 4.69. The molecule has 0 amide bonds. The maximum absolute atomic E-state index is 8.99. The van der Waals surface area contributed by atoms with E-state index in [2.05, 4.69) is 22.5 Å². The summed E-state index contributed by atoms with van der Waals surface area (Å²) >= 11 is 5.97. The third-order valence-electron chi connectivity index (χ3n) is 3.31. The van der Waals surface area contributed by atoms with Crippen LogP contribution in [0.3, 0.4) is 0 Å². The smallest absolute Gasteiger partial charge is 0.124 e. The molecule has 2 aromatic rings. The third-order valence-corrected chi connectivity index (χ3v) is 3.55. The van der Waals surface area contributed by atoms with Crippen LogP contribution < -0.4 is 0 Å². The van der Waals surface area contributed by atoms with Crippen molar-refractivity contribution in [2.24, 2.45) is 0 Å². The van der Waals surface area contributed by atoms with E-state index < -0.39 is 0 Å². The molecule has 0 aliphatic rings. The summed E-state index contributed by atoms with van der Waals surface area (Å²) in [6.45, 7) is 3.13. The number of imidazole rings is 1. The highest BCUT2D eigenvalue weighted by Gasteiger charge is 2.10. The highest BCUT2D eigenvalue weighted by molar-refractivity contribution is 6.16. The first-order valence-electron chi connectivity index (χ1n) is 6.75. The molecular formula is C15H18ClN3. The van der Waals surface area contributed by atoms with Crippen molar-refractivity contribution < 1.29 is 0 Å². The van der Waals surface area contributed by atoms with Gasteiger partial charge in [-0.25, -0.2) is 4.98 Å². The fraction of sp³-hybridized carbons (Fsp3) is 0.467. The van der Waals surface area contributed by atoms with Crippen molar-refractivity contribution in [3.63, 3.8) is 0 Å². The maximum Gasteiger partial charge on any atom is 0.124 e. The van der Waals surface area contributed by atoms with Gasteiger partial charge in [-0.15, -0.1) is 11.6 Å². The normalized spacial score (nSPS) is 10.8. The third kappa shape index (κ3) is 3.08. The van der Waals surface area contributed by atoms with Crippen molar-refractivity contribution in [2.45, 2.75) is 45.0 Å². The van der Waals surface area contributed by atoms with Crippen LogP contribution >= 0.6 is 11.6 Å². The summed E-state index contributed by atoms with van der Waals surface area (Å²) in [5, 5.41) is 8.99. The van der Waals surface area contributed by atoms with E-state index in [4.69, 9.17) is 16.9 Å². The molecule has 0 unspecified atom stereocenters. The van der Waals surface area contributed by atoms with Crippen LogP contribution in [0.1, 0.15) is 44.0 Å². The van der Waals surface area contributed by atoms with E-state index >= 15 is 0 Å². The van der Waals surface area contributed by atoms with Gasteiger partial charge in [0.25, 0.3) is 0 Å². The highest BCUT2D eigenvalue weighted by Crippen LogP contribution is 2.20. The number of nitrogens with zero attached hydrogens (tertiary/aromatic N) is 3. The van der Waals surface area contributed by atoms with Gasteiger partial charge in [-0.3, -0.25) is 0 Å². The van der Waals surface area contributed by atoms with Gasteiger partial charge < -0.3 is 4.57 Å². The van der Waals surface area contributed by atoms with E-state index in [1.807, 2.05) is 12.1 Å². The molecule has 0 saturated heterocycles. The molecule has 0 spiro atoms. The number of nitriles is 1. The number of unbranched alkanes of at least 4 members (excludes halogenated alkanes) is 3. The monoisotopic (exact) mass is 275 g/mol. The SMILES string of the molecule is CCCCCCn1c(CCl)nc2ccc(C#N)cc21. The molecule has 0 radical (unpaired) electrons. The molecule has 0 aliphatic carbocycles. The summed E-state index contributed by atoms with van der Waals surface area (Å²) < 4.78 is 2.15. The molecule has 1 aromatic carbocycles. The lowest BCUT2D eigenvalue weighted by Gasteiger charge is -2.07. The number of hydrogen-bond donors (Lipinski definition) is 0. The van der Waals surface area contributed by atoms with E-state index in [0.29, 0.717) is 11.4 Å². The molecular weight excluding hydrogens is 258 g/mol. The summed E-state index contributed by atoms with van der Waals surface area (Å²) in [6, 6.07) is 7.77. The van der Waals surface area contributed by atoms with E-state index in [0.717, 1.165) is 29.8 Å². The Morgan fingerprint density at radius 2 is 2.16 bits per heavy atom. The van der Waals surface area contributed by atoms with Gasteiger partial charge in [-0.05, 0) is 24.6 Å². The molecule has 0 atom stereocenters. The largest absolute Gasteiger partial charge is 0.327 e. The van der Waals surface area contributed by atoms with Gasteiger partial charge in [0.05, 0.1) is 28.5 Å². The van der Waals surface area contributed by atoms with Crippen molar-refractivity contribution in [2.75, 3.05) is 0 Å². The quantitative estimate of drug-likeness (QED) is 0.585. The molecule has 0 aliphatic heterocycles. The molecule has 3 nitrogen and oxygen atoms in total. The number of aryl methyl sites for hydroxylation is 1. The number of benzene rings is 1. The van der Waals surface area contributed by atoms with Crippen molar-refractivity contribution >= 4 is 22.6 Å². The molecule has 0 fully saturated rings. The van der Waals surface area contributed by atoms with Gasteiger partial charge in [-0.2, -0.15) is 5.26 Å². The molecule has 100 valence electrons. The lowest BCUT2D eigenvalue weighted by Crippen LogP contribution is -2.02. The molecule has 1 heterocycles. The van der Waals surface area contributed by atoms with E-state index in [-0.39, 0.29) is 0 Å². The zero-order chi connectivity index (χ0) is 13.7. The lowest BCUT2D eigenvalue weighted by molar-refractivity contribution is 0.581. The van der Waals surface area contributed by atoms with Crippen LogP contribution in [0.25, 0.3) is 11.0 Å². The average Bonchev–Trinajstić information content (AvgIpc) is 2.80. The van der Waals surface area contributed by atoms with Gasteiger partial charge in [0.2, 0.25) is 0 Å². The molecule has 1 aromatic heterocycles. The highest BCUT2D eigenvalue weighted by atomic mass is 35.5. The number of aromatic nitrogens is 2. The van der Waals surface area contributed by atoms with Gasteiger partial charge in [0, 0.05) is 6.54 Å². The zero-order valence-electron chi connectivity index (χ0n) is 11.2. The fourth-order valence-corrected chi connectivity index (χ4v) is 2.49. The first-order valence-corrected chi connectivity index (χ1v) is 7.28. The van der Waals surface area contributed by atoms with Crippen LogP contribution in [0, 0.1) is 11.3 Å². The zero-order valence-corrected chi connectivity index (χ0v) is 12.0. The van der Waals surface area contributed by atoms with Gasteiger partial charge in [0.1, 0.15) is 5.82 Å². The van der Waals surface area contributed by atoms with Crippen molar-refractivity contribution in [3.05, 3.63) is 29.6 Å². The second kappa shape index (κ2) is 6.58. The Morgan fingerprint density at radius 3 is 2.84 bits per heavy atom.